The number of hydrogen-bond donors (Lipinski definition) is 2. The predicted molar refractivity (Wildman–Crippen MR) is 91.1 cm³/mol. The smallest absolute Gasteiger partial charge is 0.228 e. The molecule has 0 radical (unpaired) electrons. The molecular formula is C15H12Cl2N2OS. The molecule has 3 N–H and O–H groups in total. The van der Waals surface area contributed by atoms with E-state index in [1.807, 2.05) is 6.07 Å². The second kappa shape index (κ2) is 6.89. The Labute approximate surface area is 138 Å². The van der Waals surface area contributed by atoms with Gasteiger partial charge >= 0.3 is 0 Å². The summed E-state index contributed by atoms with van der Waals surface area (Å²) in [5.74, 6) is -0.183. The number of anilines is 1. The number of carbonyl (C=O) groups excluding carboxylic acids is 1. The zero-order valence-electron chi connectivity index (χ0n) is 10.9. The van der Waals surface area contributed by atoms with Gasteiger partial charge in [-0.1, -0.05) is 53.6 Å². The summed E-state index contributed by atoms with van der Waals surface area (Å²) in [5, 5.41) is 3.67. The lowest BCUT2D eigenvalue weighted by molar-refractivity contribution is -0.115. The van der Waals surface area contributed by atoms with Gasteiger partial charge in [-0.3, -0.25) is 4.79 Å². The zero-order chi connectivity index (χ0) is 15.4. The van der Waals surface area contributed by atoms with Crippen LogP contribution in [0, 0.1) is 0 Å². The lowest BCUT2D eigenvalue weighted by atomic mass is 10.1. The summed E-state index contributed by atoms with van der Waals surface area (Å²) in [6.07, 6.45) is 0.183. The summed E-state index contributed by atoms with van der Waals surface area (Å²) in [6, 6.07) is 12.2. The number of para-hydroxylation sites is 1. The Morgan fingerprint density at radius 1 is 1.14 bits per heavy atom. The van der Waals surface area contributed by atoms with Crippen LogP contribution >= 0.6 is 35.4 Å². The van der Waals surface area contributed by atoms with E-state index >= 15 is 0 Å². The molecule has 6 heteroatoms. The van der Waals surface area contributed by atoms with Gasteiger partial charge in [-0.2, -0.15) is 0 Å². The van der Waals surface area contributed by atoms with E-state index in [4.69, 9.17) is 41.2 Å². The van der Waals surface area contributed by atoms with Gasteiger partial charge in [0.15, 0.2) is 0 Å². The van der Waals surface area contributed by atoms with Crippen LogP contribution in [-0.2, 0) is 11.2 Å². The number of carbonyl (C=O) groups is 1. The van der Waals surface area contributed by atoms with E-state index in [0.717, 1.165) is 5.56 Å². The molecule has 0 heterocycles. The number of halogens is 2. The van der Waals surface area contributed by atoms with Crippen LogP contribution in [0.2, 0.25) is 10.0 Å². The van der Waals surface area contributed by atoms with E-state index in [9.17, 15) is 4.79 Å². The highest BCUT2D eigenvalue weighted by atomic mass is 35.5. The fourth-order valence-corrected chi connectivity index (χ4v) is 2.34. The highest BCUT2D eigenvalue weighted by Gasteiger charge is 2.09. The topological polar surface area (TPSA) is 55.1 Å². The lowest BCUT2D eigenvalue weighted by Gasteiger charge is -2.10. The highest BCUT2D eigenvalue weighted by Crippen LogP contribution is 2.23. The third kappa shape index (κ3) is 4.17. The Morgan fingerprint density at radius 2 is 1.86 bits per heavy atom. The van der Waals surface area contributed by atoms with Crippen molar-refractivity contribution in [1.82, 2.24) is 0 Å². The molecule has 2 rings (SSSR count). The second-order valence-electron chi connectivity index (χ2n) is 4.38. The molecule has 2 aromatic carbocycles. The lowest BCUT2D eigenvalue weighted by Crippen LogP contribution is -2.18. The van der Waals surface area contributed by atoms with Crippen LogP contribution < -0.4 is 11.1 Å². The molecule has 0 bridgehead atoms. The van der Waals surface area contributed by atoms with E-state index in [-0.39, 0.29) is 17.3 Å². The molecule has 0 aliphatic carbocycles. The molecule has 0 aliphatic rings. The maximum absolute atomic E-state index is 12.1. The predicted octanol–water partition coefficient (Wildman–Crippen LogP) is 3.81. The fraction of sp³-hybridized carbons (Fsp3) is 0.0667. The van der Waals surface area contributed by atoms with Gasteiger partial charge in [-0.05, 0) is 29.8 Å². The van der Waals surface area contributed by atoms with Crippen molar-refractivity contribution in [2.75, 3.05) is 5.32 Å². The van der Waals surface area contributed by atoms with E-state index in [2.05, 4.69) is 5.32 Å². The molecule has 0 saturated heterocycles. The van der Waals surface area contributed by atoms with Crippen LogP contribution in [0.4, 0.5) is 5.69 Å². The average molecular weight is 339 g/mol. The third-order valence-electron chi connectivity index (χ3n) is 2.82. The van der Waals surface area contributed by atoms with Crippen molar-refractivity contribution in [2.24, 2.45) is 5.73 Å². The summed E-state index contributed by atoms with van der Waals surface area (Å²) >= 11 is 16.7. The average Bonchev–Trinajstić information content (AvgIpc) is 2.43. The minimum absolute atomic E-state index is 0.183. The number of nitrogens with one attached hydrogen (secondary N) is 1. The first kappa shape index (κ1) is 15.8. The molecule has 0 fully saturated rings. The standard InChI is InChI=1S/C15H12Cl2N2OS/c16-11-6-5-9(7-12(11)17)8-14(20)19-13-4-2-1-3-10(13)15(18)21/h1-7H,8H2,(H2,18,21)(H,19,20). The monoisotopic (exact) mass is 338 g/mol. The Morgan fingerprint density at radius 3 is 2.52 bits per heavy atom. The normalized spacial score (nSPS) is 10.2. The van der Waals surface area contributed by atoms with Crippen molar-refractivity contribution in [2.45, 2.75) is 6.42 Å². The maximum Gasteiger partial charge on any atom is 0.228 e. The Bertz CT molecular complexity index is 704. The van der Waals surface area contributed by atoms with Crippen molar-refractivity contribution < 1.29 is 4.79 Å². The molecule has 0 aliphatic heterocycles. The molecular weight excluding hydrogens is 327 g/mol. The first-order valence-corrected chi connectivity index (χ1v) is 7.26. The minimum atomic E-state index is -0.183. The quantitative estimate of drug-likeness (QED) is 0.833. The summed E-state index contributed by atoms with van der Waals surface area (Å²) in [5.41, 5.74) is 7.63. The number of benzene rings is 2. The molecule has 2 aromatic rings. The number of rotatable bonds is 4. The van der Waals surface area contributed by atoms with Gasteiger partial charge in [0.2, 0.25) is 5.91 Å². The minimum Gasteiger partial charge on any atom is -0.389 e. The molecule has 1 amide bonds. The summed E-state index contributed by atoms with van der Waals surface area (Å²) in [4.78, 5) is 12.3. The number of amides is 1. The van der Waals surface area contributed by atoms with Crippen LogP contribution in [-0.4, -0.2) is 10.9 Å². The molecule has 3 nitrogen and oxygen atoms in total. The van der Waals surface area contributed by atoms with Crippen LogP contribution in [0.3, 0.4) is 0 Å². The molecule has 0 unspecified atom stereocenters. The SMILES string of the molecule is NC(=S)c1ccccc1NC(=O)Cc1ccc(Cl)c(Cl)c1. The number of nitrogens with two attached hydrogens (primary N) is 1. The van der Waals surface area contributed by atoms with Gasteiger partial charge in [0.05, 0.1) is 22.2 Å². The van der Waals surface area contributed by atoms with E-state index < -0.39 is 0 Å². The van der Waals surface area contributed by atoms with Crippen LogP contribution in [0.15, 0.2) is 42.5 Å². The van der Waals surface area contributed by atoms with Crippen molar-refractivity contribution in [3.05, 3.63) is 63.6 Å². The zero-order valence-corrected chi connectivity index (χ0v) is 13.2. The molecule has 0 aromatic heterocycles. The van der Waals surface area contributed by atoms with E-state index in [1.54, 1.807) is 36.4 Å². The molecule has 0 spiro atoms. The molecule has 0 saturated carbocycles. The third-order valence-corrected chi connectivity index (χ3v) is 3.77. The van der Waals surface area contributed by atoms with Gasteiger partial charge in [0.1, 0.15) is 4.99 Å². The van der Waals surface area contributed by atoms with Gasteiger partial charge in [0.25, 0.3) is 0 Å². The van der Waals surface area contributed by atoms with Gasteiger partial charge in [-0.25, -0.2) is 0 Å². The maximum atomic E-state index is 12.1. The van der Waals surface area contributed by atoms with Crippen molar-refractivity contribution in [3.63, 3.8) is 0 Å². The Hall–Kier alpha value is -1.62. The number of thiocarbonyl (C=S) groups is 1. The Kier molecular flexibility index (Phi) is 5.17. The largest absolute Gasteiger partial charge is 0.389 e. The summed E-state index contributed by atoms with van der Waals surface area (Å²) in [6.45, 7) is 0. The molecule has 0 atom stereocenters. The van der Waals surface area contributed by atoms with Crippen LogP contribution in [0.5, 0.6) is 0 Å². The fourth-order valence-electron chi connectivity index (χ4n) is 1.84. The summed E-state index contributed by atoms with van der Waals surface area (Å²) < 4.78 is 0. The first-order valence-electron chi connectivity index (χ1n) is 6.10. The second-order valence-corrected chi connectivity index (χ2v) is 5.64. The van der Waals surface area contributed by atoms with Crippen molar-refractivity contribution >= 4 is 52.0 Å². The van der Waals surface area contributed by atoms with Crippen molar-refractivity contribution in [1.29, 1.82) is 0 Å². The Balaban J connectivity index is 2.12. The van der Waals surface area contributed by atoms with Gasteiger partial charge < -0.3 is 11.1 Å². The first-order chi connectivity index (χ1) is 9.97. The highest BCUT2D eigenvalue weighted by molar-refractivity contribution is 7.80. The van der Waals surface area contributed by atoms with E-state index in [0.29, 0.717) is 21.3 Å². The molecule has 108 valence electrons. The van der Waals surface area contributed by atoms with Crippen molar-refractivity contribution in [3.8, 4) is 0 Å². The summed E-state index contributed by atoms with van der Waals surface area (Å²) in [7, 11) is 0. The van der Waals surface area contributed by atoms with E-state index in [1.165, 1.54) is 0 Å². The van der Waals surface area contributed by atoms with Crippen LogP contribution in [0.1, 0.15) is 11.1 Å². The molecule has 21 heavy (non-hydrogen) atoms. The van der Waals surface area contributed by atoms with Gasteiger partial charge in [0, 0.05) is 5.56 Å². The number of hydrogen-bond acceptors (Lipinski definition) is 2. The van der Waals surface area contributed by atoms with Crippen LogP contribution in [0.25, 0.3) is 0 Å². The van der Waals surface area contributed by atoms with Gasteiger partial charge in [-0.15, -0.1) is 0 Å².